The molecule has 1 amide bonds. The molecule has 1 aliphatic rings. The van der Waals surface area contributed by atoms with Gasteiger partial charge in [0.05, 0.1) is 18.2 Å². The van der Waals surface area contributed by atoms with E-state index in [1.165, 1.54) is 23.4 Å². The number of rotatable bonds is 6. The molecule has 11 heteroatoms. The number of carbonyl (C=O) groups is 1. The first-order valence-electron chi connectivity index (χ1n) is 8.84. The fourth-order valence-electron chi connectivity index (χ4n) is 2.93. The highest BCUT2D eigenvalue weighted by molar-refractivity contribution is 5.81. The van der Waals surface area contributed by atoms with Crippen LogP contribution in [-0.4, -0.2) is 60.1 Å². The molecule has 0 saturated carbocycles. The summed E-state index contributed by atoms with van der Waals surface area (Å²) in [6, 6.07) is 4.95. The largest absolute Gasteiger partial charge is 0.355 e. The minimum atomic E-state index is -0.179. The van der Waals surface area contributed by atoms with Gasteiger partial charge in [0, 0.05) is 31.8 Å². The first kappa shape index (κ1) is 17.8. The van der Waals surface area contributed by atoms with Crippen LogP contribution in [0.3, 0.4) is 0 Å². The van der Waals surface area contributed by atoms with Crippen molar-refractivity contribution in [3.63, 3.8) is 0 Å². The predicted octanol–water partition coefficient (Wildman–Crippen LogP) is -0.825. The standard InChI is InChI=1S/C17H19N9O2/c1-12-2-3-16(27)25(23-12)5-4-19-17(28)13-7-24(8-13)14-6-15(21-10-20-14)26-11-18-9-22-26/h2-3,6,9-11,13H,4-5,7-8H2,1H3,(H,19,28). The molecule has 1 saturated heterocycles. The smallest absolute Gasteiger partial charge is 0.266 e. The number of anilines is 1. The zero-order valence-electron chi connectivity index (χ0n) is 15.3. The highest BCUT2D eigenvalue weighted by atomic mass is 16.2. The van der Waals surface area contributed by atoms with E-state index in [2.05, 4.69) is 30.5 Å². The number of aryl methyl sites for hydroxylation is 1. The molecule has 144 valence electrons. The Morgan fingerprint density at radius 3 is 2.82 bits per heavy atom. The van der Waals surface area contributed by atoms with E-state index < -0.39 is 0 Å². The summed E-state index contributed by atoms with van der Waals surface area (Å²) in [6.07, 6.45) is 4.46. The topological polar surface area (TPSA) is 124 Å². The zero-order chi connectivity index (χ0) is 19.5. The molecule has 0 unspecified atom stereocenters. The summed E-state index contributed by atoms with van der Waals surface area (Å²) in [4.78, 5) is 38.3. The van der Waals surface area contributed by atoms with Crippen molar-refractivity contribution in [2.24, 2.45) is 5.92 Å². The van der Waals surface area contributed by atoms with Crippen molar-refractivity contribution in [3.05, 3.63) is 53.2 Å². The van der Waals surface area contributed by atoms with Crippen molar-refractivity contribution in [2.45, 2.75) is 13.5 Å². The molecule has 0 atom stereocenters. The van der Waals surface area contributed by atoms with E-state index in [0.717, 1.165) is 11.5 Å². The molecular formula is C17H19N9O2. The second-order valence-electron chi connectivity index (χ2n) is 6.50. The van der Waals surface area contributed by atoms with Crippen molar-refractivity contribution in [2.75, 3.05) is 24.5 Å². The summed E-state index contributed by atoms with van der Waals surface area (Å²) < 4.78 is 2.91. The normalized spacial score (nSPS) is 14.0. The number of hydrogen-bond acceptors (Lipinski definition) is 8. The van der Waals surface area contributed by atoms with Gasteiger partial charge in [-0.15, -0.1) is 0 Å². The van der Waals surface area contributed by atoms with Crippen LogP contribution in [0.2, 0.25) is 0 Å². The average molecular weight is 381 g/mol. The molecule has 11 nitrogen and oxygen atoms in total. The SMILES string of the molecule is Cc1ccc(=O)n(CCNC(=O)C2CN(c3cc(-n4cncn4)ncn3)C2)n1. The van der Waals surface area contributed by atoms with Gasteiger partial charge in [-0.25, -0.2) is 24.3 Å². The van der Waals surface area contributed by atoms with Crippen molar-refractivity contribution in [1.82, 2.24) is 39.8 Å². The van der Waals surface area contributed by atoms with E-state index in [4.69, 9.17) is 0 Å². The number of aromatic nitrogens is 7. The molecule has 1 N–H and O–H groups in total. The second-order valence-corrected chi connectivity index (χ2v) is 6.50. The Morgan fingerprint density at radius 1 is 1.21 bits per heavy atom. The predicted molar refractivity (Wildman–Crippen MR) is 98.9 cm³/mol. The van der Waals surface area contributed by atoms with Gasteiger partial charge in [-0.05, 0) is 13.0 Å². The van der Waals surface area contributed by atoms with Crippen molar-refractivity contribution < 1.29 is 4.79 Å². The van der Waals surface area contributed by atoms with Gasteiger partial charge >= 0.3 is 0 Å². The summed E-state index contributed by atoms with van der Waals surface area (Å²) in [5, 5.41) is 11.1. The molecule has 0 spiro atoms. The number of nitrogens with one attached hydrogen (secondary N) is 1. The lowest BCUT2D eigenvalue weighted by Crippen LogP contribution is -2.54. The summed E-state index contributed by atoms with van der Waals surface area (Å²) in [6.45, 7) is 3.66. The molecule has 28 heavy (non-hydrogen) atoms. The van der Waals surface area contributed by atoms with Crippen LogP contribution in [0.5, 0.6) is 0 Å². The first-order valence-corrected chi connectivity index (χ1v) is 8.84. The van der Waals surface area contributed by atoms with Crippen LogP contribution in [0, 0.1) is 12.8 Å². The monoisotopic (exact) mass is 381 g/mol. The zero-order valence-corrected chi connectivity index (χ0v) is 15.3. The van der Waals surface area contributed by atoms with Crippen molar-refractivity contribution in [3.8, 4) is 5.82 Å². The Balaban J connectivity index is 1.28. The molecule has 0 radical (unpaired) electrons. The van der Waals surface area contributed by atoms with Gasteiger partial charge in [0.15, 0.2) is 5.82 Å². The van der Waals surface area contributed by atoms with Gasteiger partial charge in [-0.2, -0.15) is 10.2 Å². The fraction of sp³-hybridized carbons (Fsp3) is 0.353. The summed E-state index contributed by atoms with van der Waals surface area (Å²) in [7, 11) is 0. The van der Waals surface area contributed by atoms with E-state index in [-0.39, 0.29) is 17.4 Å². The van der Waals surface area contributed by atoms with Crippen molar-refractivity contribution in [1.29, 1.82) is 0 Å². The van der Waals surface area contributed by atoms with Gasteiger partial charge in [0.25, 0.3) is 5.56 Å². The molecule has 0 aliphatic carbocycles. The van der Waals surface area contributed by atoms with Crippen LogP contribution < -0.4 is 15.8 Å². The van der Waals surface area contributed by atoms with Crippen LogP contribution in [-0.2, 0) is 11.3 Å². The van der Waals surface area contributed by atoms with Gasteiger partial charge in [-0.3, -0.25) is 9.59 Å². The molecule has 4 rings (SSSR count). The molecule has 3 aromatic heterocycles. The molecule has 1 aliphatic heterocycles. The van der Waals surface area contributed by atoms with E-state index in [9.17, 15) is 9.59 Å². The third-order valence-electron chi connectivity index (χ3n) is 4.49. The molecule has 1 fully saturated rings. The van der Waals surface area contributed by atoms with Crippen molar-refractivity contribution >= 4 is 11.7 Å². The summed E-state index contributed by atoms with van der Waals surface area (Å²) in [5.74, 6) is 1.20. The highest BCUT2D eigenvalue weighted by Gasteiger charge is 2.33. The van der Waals surface area contributed by atoms with Gasteiger partial charge in [0.2, 0.25) is 5.91 Å². The Bertz CT molecular complexity index is 1030. The quantitative estimate of drug-likeness (QED) is 0.587. The number of amides is 1. The van der Waals surface area contributed by atoms with E-state index in [0.29, 0.717) is 32.0 Å². The van der Waals surface area contributed by atoms with E-state index in [1.807, 2.05) is 11.8 Å². The fourth-order valence-corrected chi connectivity index (χ4v) is 2.93. The van der Waals surface area contributed by atoms with E-state index in [1.54, 1.807) is 23.1 Å². The lowest BCUT2D eigenvalue weighted by atomic mass is 9.99. The maximum absolute atomic E-state index is 12.3. The third-order valence-corrected chi connectivity index (χ3v) is 4.49. The molecule has 0 aromatic carbocycles. The maximum atomic E-state index is 12.3. The van der Waals surface area contributed by atoms with E-state index >= 15 is 0 Å². The maximum Gasteiger partial charge on any atom is 0.266 e. The minimum Gasteiger partial charge on any atom is -0.355 e. The Labute approximate surface area is 160 Å². The van der Waals surface area contributed by atoms with Gasteiger partial charge in [-0.1, -0.05) is 0 Å². The van der Waals surface area contributed by atoms with Crippen LogP contribution in [0.1, 0.15) is 5.69 Å². The van der Waals surface area contributed by atoms with Crippen LogP contribution >= 0.6 is 0 Å². The van der Waals surface area contributed by atoms with Crippen LogP contribution in [0.4, 0.5) is 5.82 Å². The number of hydrogen-bond donors (Lipinski definition) is 1. The Kier molecular flexibility index (Phi) is 4.79. The second kappa shape index (κ2) is 7.55. The van der Waals surface area contributed by atoms with Crippen LogP contribution in [0.25, 0.3) is 5.82 Å². The molecule has 0 bridgehead atoms. The third kappa shape index (κ3) is 3.72. The van der Waals surface area contributed by atoms with Gasteiger partial charge in [0.1, 0.15) is 24.8 Å². The minimum absolute atomic E-state index is 0.0393. The molecule has 3 aromatic rings. The lowest BCUT2D eigenvalue weighted by Gasteiger charge is -2.39. The highest BCUT2D eigenvalue weighted by Crippen LogP contribution is 2.23. The lowest BCUT2D eigenvalue weighted by molar-refractivity contribution is -0.125. The Morgan fingerprint density at radius 2 is 2.04 bits per heavy atom. The average Bonchev–Trinajstić information content (AvgIpc) is 3.18. The summed E-state index contributed by atoms with van der Waals surface area (Å²) in [5.41, 5.74) is 0.581. The van der Waals surface area contributed by atoms with Gasteiger partial charge < -0.3 is 10.2 Å². The Hall–Kier alpha value is -3.63. The first-order chi connectivity index (χ1) is 13.6. The molecule has 4 heterocycles. The number of nitrogens with zero attached hydrogens (tertiary/aromatic N) is 8. The summed E-state index contributed by atoms with van der Waals surface area (Å²) >= 11 is 0. The number of carbonyl (C=O) groups excluding carboxylic acids is 1. The van der Waals surface area contributed by atoms with Crippen LogP contribution in [0.15, 0.2) is 42.0 Å². The molecular weight excluding hydrogens is 362 g/mol.